The lowest BCUT2D eigenvalue weighted by Crippen LogP contribution is -2.57. The van der Waals surface area contributed by atoms with Crippen LogP contribution < -0.4 is 5.32 Å². The van der Waals surface area contributed by atoms with E-state index in [1.165, 1.54) is 11.8 Å². The number of piperidine rings is 1. The second-order valence-corrected chi connectivity index (χ2v) is 6.92. The number of piperazine rings is 1. The first-order valence-corrected chi connectivity index (χ1v) is 9.03. The third-order valence-corrected chi connectivity index (χ3v) is 5.32. The second-order valence-electron chi connectivity index (χ2n) is 5.87. The van der Waals surface area contributed by atoms with Gasteiger partial charge < -0.3 is 15.1 Å². The molecule has 1 aromatic heterocycles. The Balaban J connectivity index is 0.00000208. The average Bonchev–Trinajstić information content (AvgIpc) is 2.61. The van der Waals surface area contributed by atoms with Crippen molar-refractivity contribution >= 4 is 36.0 Å². The highest BCUT2D eigenvalue weighted by Gasteiger charge is 2.31. The maximum Gasteiger partial charge on any atom is 0.236 e. The van der Waals surface area contributed by atoms with Gasteiger partial charge >= 0.3 is 0 Å². The first-order chi connectivity index (χ1) is 11.2. The quantitative estimate of drug-likeness (QED) is 0.801. The maximum absolute atomic E-state index is 12.5. The SMILES string of the molecule is Cl.O=C(CSc1ccncc1)N1CCCC(N2CCNCC2=O)C1. The lowest BCUT2D eigenvalue weighted by atomic mass is 10.0. The van der Waals surface area contributed by atoms with E-state index in [0.29, 0.717) is 18.8 Å². The maximum atomic E-state index is 12.5. The summed E-state index contributed by atoms with van der Waals surface area (Å²) < 4.78 is 0. The number of thioether (sulfide) groups is 1. The molecule has 2 aliphatic heterocycles. The lowest BCUT2D eigenvalue weighted by Gasteiger charge is -2.41. The van der Waals surface area contributed by atoms with Crippen LogP contribution in [-0.4, -0.2) is 71.1 Å². The molecule has 132 valence electrons. The van der Waals surface area contributed by atoms with Gasteiger partial charge in [-0.3, -0.25) is 14.6 Å². The van der Waals surface area contributed by atoms with Crippen molar-refractivity contribution in [2.75, 3.05) is 38.5 Å². The number of hydrogen-bond donors (Lipinski definition) is 1. The number of hydrogen-bond acceptors (Lipinski definition) is 5. The van der Waals surface area contributed by atoms with Crippen molar-refractivity contribution in [2.24, 2.45) is 0 Å². The molecule has 2 saturated heterocycles. The van der Waals surface area contributed by atoms with Crippen LogP contribution in [0.5, 0.6) is 0 Å². The topological polar surface area (TPSA) is 65.5 Å². The minimum Gasteiger partial charge on any atom is -0.340 e. The van der Waals surface area contributed by atoms with Crippen molar-refractivity contribution in [3.05, 3.63) is 24.5 Å². The Hall–Kier alpha value is -1.31. The van der Waals surface area contributed by atoms with E-state index in [1.807, 2.05) is 21.9 Å². The van der Waals surface area contributed by atoms with Gasteiger partial charge in [-0.05, 0) is 25.0 Å². The zero-order chi connectivity index (χ0) is 16.1. The van der Waals surface area contributed by atoms with Gasteiger partial charge in [0, 0.05) is 49.5 Å². The Labute approximate surface area is 152 Å². The average molecular weight is 371 g/mol. The zero-order valence-electron chi connectivity index (χ0n) is 13.5. The van der Waals surface area contributed by atoms with Gasteiger partial charge in [0.15, 0.2) is 0 Å². The van der Waals surface area contributed by atoms with E-state index in [2.05, 4.69) is 10.3 Å². The molecule has 0 radical (unpaired) electrons. The molecular formula is C16H23ClN4O2S. The van der Waals surface area contributed by atoms with E-state index < -0.39 is 0 Å². The van der Waals surface area contributed by atoms with Gasteiger partial charge in [0.2, 0.25) is 11.8 Å². The summed E-state index contributed by atoms with van der Waals surface area (Å²) in [7, 11) is 0. The minimum atomic E-state index is 0. The molecule has 8 heteroatoms. The van der Waals surface area contributed by atoms with Gasteiger partial charge in [0.25, 0.3) is 0 Å². The van der Waals surface area contributed by atoms with Crippen LogP contribution in [0.3, 0.4) is 0 Å². The number of pyridine rings is 1. The van der Waals surface area contributed by atoms with Crippen molar-refractivity contribution in [1.29, 1.82) is 0 Å². The van der Waals surface area contributed by atoms with Gasteiger partial charge in [0.1, 0.15) is 0 Å². The molecular weight excluding hydrogens is 348 g/mol. The third-order valence-electron chi connectivity index (χ3n) is 4.33. The fraction of sp³-hybridized carbons (Fsp3) is 0.562. The Kier molecular flexibility index (Phi) is 7.33. The van der Waals surface area contributed by atoms with E-state index in [1.54, 1.807) is 12.4 Å². The highest BCUT2D eigenvalue weighted by molar-refractivity contribution is 8.00. The summed E-state index contributed by atoms with van der Waals surface area (Å²) in [4.78, 5) is 33.4. The molecule has 6 nitrogen and oxygen atoms in total. The Morgan fingerprint density at radius 3 is 2.88 bits per heavy atom. The largest absolute Gasteiger partial charge is 0.340 e. The minimum absolute atomic E-state index is 0. The molecule has 0 aromatic carbocycles. The van der Waals surface area contributed by atoms with Gasteiger partial charge in [-0.2, -0.15) is 0 Å². The van der Waals surface area contributed by atoms with Gasteiger partial charge in [-0.25, -0.2) is 0 Å². The number of nitrogens with zero attached hydrogens (tertiary/aromatic N) is 3. The molecule has 0 spiro atoms. The Bertz CT molecular complexity index is 560. The molecule has 2 amide bonds. The molecule has 1 aromatic rings. The molecule has 1 unspecified atom stereocenters. The van der Waals surface area contributed by atoms with Gasteiger partial charge in [-0.1, -0.05) is 0 Å². The molecule has 3 heterocycles. The van der Waals surface area contributed by atoms with E-state index in [4.69, 9.17) is 0 Å². The highest BCUT2D eigenvalue weighted by atomic mass is 35.5. The molecule has 1 atom stereocenters. The fourth-order valence-electron chi connectivity index (χ4n) is 3.11. The second kappa shape index (κ2) is 9.25. The van der Waals surface area contributed by atoms with Crippen LogP contribution in [0.2, 0.25) is 0 Å². The number of carbonyl (C=O) groups is 2. The van der Waals surface area contributed by atoms with Crippen molar-refractivity contribution < 1.29 is 9.59 Å². The molecule has 2 fully saturated rings. The molecule has 0 saturated carbocycles. The number of halogens is 1. The summed E-state index contributed by atoms with van der Waals surface area (Å²) in [5.41, 5.74) is 0. The van der Waals surface area contributed by atoms with Crippen LogP contribution in [0.15, 0.2) is 29.4 Å². The first kappa shape index (κ1) is 19.0. The summed E-state index contributed by atoms with van der Waals surface area (Å²) in [5.74, 6) is 0.743. The van der Waals surface area contributed by atoms with Crippen molar-refractivity contribution in [3.8, 4) is 0 Å². The van der Waals surface area contributed by atoms with Crippen LogP contribution in [-0.2, 0) is 9.59 Å². The molecule has 1 N–H and O–H groups in total. The predicted molar refractivity (Wildman–Crippen MR) is 96.4 cm³/mol. The fourth-order valence-corrected chi connectivity index (χ4v) is 3.90. The molecule has 3 rings (SSSR count). The van der Waals surface area contributed by atoms with Gasteiger partial charge in [0.05, 0.1) is 12.3 Å². The Morgan fingerprint density at radius 2 is 2.12 bits per heavy atom. The molecule has 24 heavy (non-hydrogen) atoms. The van der Waals surface area contributed by atoms with Crippen LogP contribution in [0, 0.1) is 0 Å². The lowest BCUT2D eigenvalue weighted by molar-refractivity contribution is -0.139. The van der Waals surface area contributed by atoms with Crippen LogP contribution >= 0.6 is 24.2 Å². The molecule has 2 aliphatic rings. The summed E-state index contributed by atoms with van der Waals surface area (Å²) in [6, 6.07) is 4.00. The van der Waals surface area contributed by atoms with Crippen molar-refractivity contribution in [1.82, 2.24) is 20.1 Å². The van der Waals surface area contributed by atoms with Crippen LogP contribution in [0.1, 0.15) is 12.8 Å². The predicted octanol–water partition coefficient (Wildman–Crippen LogP) is 1.02. The number of aromatic nitrogens is 1. The van der Waals surface area contributed by atoms with Crippen molar-refractivity contribution in [2.45, 2.75) is 23.8 Å². The van der Waals surface area contributed by atoms with E-state index in [-0.39, 0.29) is 30.3 Å². The molecule has 0 bridgehead atoms. The zero-order valence-corrected chi connectivity index (χ0v) is 15.2. The number of carbonyl (C=O) groups excluding carboxylic acids is 2. The monoisotopic (exact) mass is 370 g/mol. The van der Waals surface area contributed by atoms with Gasteiger partial charge in [-0.15, -0.1) is 24.2 Å². The Morgan fingerprint density at radius 1 is 1.33 bits per heavy atom. The normalized spacial score (nSPS) is 21.3. The van der Waals surface area contributed by atoms with Crippen LogP contribution in [0.4, 0.5) is 0 Å². The number of likely N-dealkylation sites (tertiary alicyclic amines) is 1. The third kappa shape index (κ3) is 4.84. The summed E-state index contributed by atoms with van der Waals surface area (Å²) in [5, 5.41) is 3.10. The molecule has 0 aliphatic carbocycles. The van der Waals surface area contributed by atoms with Crippen molar-refractivity contribution in [3.63, 3.8) is 0 Å². The van der Waals surface area contributed by atoms with Crippen LogP contribution in [0.25, 0.3) is 0 Å². The smallest absolute Gasteiger partial charge is 0.236 e. The van der Waals surface area contributed by atoms with E-state index in [0.717, 1.165) is 37.4 Å². The summed E-state index contributed by atoms with van der Waals surface area (Å²) >= 11 is 1.54. The number of rotatable bonds is 4. The first-order valence-electron chi connectivity index (χ1n) is 8.05. The van der Waals surface area contributed by atoms with E-state index >= 15 is 0 Å². The number of nitrogens with one attached hydrogen (secondary N) is 1. The highest BCUT2D eigenvalue weighted by Crippen LogP contribution is 2.20. The van der Waals surface area contributed by atoms with E-state index in [9.17, 15) is 9.59 Å². The standard InChI is InChI=1S/C16H22N4O2S.ClH/c21-15-10-18-7-9-20(15)13-2-1-8-19(11-13)16(22)12-23-14-3-5-17-6-4-14;/h3-6,13,18H,1-2,7-12H2;1H. The summed E-state index contributed by atoms with van der Waals surface area (Å²) in [6.45, 7) is 3.47. The number of amides is 2. The summed E-state index contributed by atoms with van der Waals surface area (Å²) in [6.07, 6.45) is 5.43.